The van der Waals surface area contributed by atoms with Crippen LogP contribution in [0.4, 0.5) is 0 Å². The molecule has 19 heavy (non-hydrogen) atoms. The molecule has 0 unspecified atom stereocenters. The van der Waals surface area contributed by atoms with Crippen LogP contribution in [-0.2, 0) is 14.3 Å². The molecular weight excluding hydrogens is 248 g/mol. The summed E-state index contributed by atoms with van der Waals surface area (Å²) in [6.07, 6.45) is 6.02. The van der Waals surface area contributed by atoms with E-state index in [9.17, 15) is 9.59 Å². The number of amides is 1. The molecule has 1 saturated carbocycles. The van der Waals surface area contributed by atoms with Gasteiger partial charge >= 0.3 is 5.97 Å². The molecule has 1 aliphatic carbocycles. The maximum atomic E-state index is 11.8. The molecule has 6 nitrogen and oxygen atoms in total. The molecule has 110 valence electrons. The summed E-state index contributed by atoms with van der Waals surface area (Å²) in [5.74, 6) is -1.03. The van der Waals surface area contributed by atoms with Gasteiger partial charge in [0.25, 0.3) is 0 Å². The first kappa shape index (κ1) is 15.9. The SMILES string of the molecule is NCC1(CC(=O)NCCOCC(=O)O)CCCCC1. The third kappa shape index (κ3) is 6.02. The lowest BCUT2D eigenvalue weighted by Gasteiger charge is -2.35. The Kier molecular flexibility index (Phi) is 6.80. The van der Waals surface area contributed by atoms with Gasteiger partial charge in [-0.15, -0.1) is 0 Å². The lowest BCUT2D eigenvalue weighted by Crippen LogP contribution is -2.39. The second kappa shape index (κ2) is 8.12. The van der Waals surface area contributed by atoms with E-state index in [-0.39, 0.29) is 24.5 Å². The van der Waals surface area contributed by atoms with Crippen molar-refractivity contribution in [2.24, 2.45) is 11.1 Å². The fourth-order valence-electron chi connectivity index (χ4n) is 2.58. The Bertz CT molecular complexity index is 301. The highest BCUT2D eigenvalue weighted by atomic mass is 16.5. The Morgan fingerprint density at radius 1 is 1.26 bits per heavy atom. The van der Waals surface area contributed by atoms with E-state index in [2.05, 4.69) is 5.32 Å². The average molecular weight is 272 g/mol. The van der Waals surface area contributed by atoms with Crippen molar-refractivity contribution in [2.45, 2.75) is 38.5 Å². The number of hydrogen-bond donors (Lipinski definition) is 3. The zero-order chi connectivity index (χ0) is 14.1. The minimum Gasteiger partial charge on any atom is -0.480 e. The first-order chi connectivity index (χ1) is 9.08. The zero-order valence-corrected chi connectivity index (χ0v) is 11.3. The van der Waals surface area contributed by atoms with Gasteiger partial charge in [-0.05, 0) is 24.8 Å². The molecule has 0 aromatic heterocycles. The van der Waals surface area contributed by atoms with Gasteiger partial charge in [-0.2, -0.15) is 0 Å². The molecule has 1 amide bonds. The smallest absolute Gasteiger partial charge is 0.329 e. The normalized spacial score (nSPS) is 17.9. The summed E-state index contributed by atoms with van der Waals surface area (Å²) in [7, 11) is 0. The molecule has 6 heteroatoms. The van der Waals surface area contributed by atoms with Crippen LogP contribution in [0, 0.1) is 5.41 Å². The summed E-state index contributed by atoms with van der Waals surface area (Å²) in [6, 6.07) is 0. The minimum absolute atomic E-state index is 0.0220. The van der Waals surface area contributed by atoms with Crippen molar-refractivity contribution in [3.05, 3.63) is 0 Å². The Morgan fingerprint density at radius 3 is 2.53 bits per heavy atom. The zero-order valence-electron chi connectivity index (χ0n) is 11.3. The molecular formula is C13H24N2O4. The molecule has 0 spiro atoms. The van der Waals surface area contributed by atoms with Crippen molar-refractivity contribution >= 4 is 11.9 Å². The van der Waals surface area contributed by atoms with E-state index in [0.29, 0.717) is 19.5 Å². The maximum Gasteiger partial charge on any atom is 0.329 e. The predicted molar refractivity (Wildman–Crippen MR) is 70.7 cm³/mol. The summed E-state index contributed by atoms with van der Waals surface area (Å²) in [5.41, 5.74) is 5.79. The first-order valence-corrected chi connectivity index (χ1v) is 6.84. The lowest BCUT2D eigenvalue weighted by molar-refractivity contribution is -0.142. The average Bonchev–Trinajstić information content (AvgIpc) is 2.39. The van der Waals surface area contributed by atoms with Gasteiger partial charge in [-0.3, -0.25) is 4.79 Å². The quantitative estimate of drug-likeness (QED) is 0.559. The summed E-state index contributed by atoms with van der Waals surface area (Å²) in [6.45, 7) is 0.777. The molecule has 0 bridgehead atoms. The highest BCUT2D eigenvalue weighted by molar-refractivity contribution is 5.76. The second-order valence-electron chi connectivity index (χ2n) is 5.24. The lowest BCUT2D eigenvalue weighted by atomic mass is 9.72. The summed E-state index contributed by atoms with van der Waals surface area (Å²) in [5, 5.41) is 11.1. The van der Waals surface area contributed by atoms with Crippen LogP contribution < -0.4 is 11.1 Å². The van der Waals surface area contributed by atoms with Gasteiger partial charge in [-0.25, -0.2) is 4.79 Å². The van der Waals surface area contributed by atoms with Crippen LogP contribution in [0.5, 0.6) is 0 Å². The number of aliphatic carboxylic acids is 1. The number of ether oxygens (including phenoxy) is 1. The van der Waals surface area contributed by atoms with Crippen LogP contribution in [-0.4, -0.2) is 43.3 Å². The number of carbonyl (C=O) groups is 2. The van der Waals surface area contributed by atoms with Crippen molar-refractivity contribution in [1.82, 2.24) is 5.32 Å². The topological polar surface area (TPSA) is 102 Å². The fraction of sp³-hybridized carbons (Fsp3) is 0.846. The van der Waals surface area contributed by atoms with Crippen LogP contribution in [0.1, 0.15) is 38.5 Å². The monoisotopic (exact) mass is 272 g/mol. The van der Waals surface area contributed by atoms with Gasteiger partial charge in [0.1, 0.15) is 6.61 Å². The van der Waals surface area contributed by atoms with E-state index >= 15 is 0 Å². The Hall–Kier alpha value is -1.14. The van der Waals surface area contributed by atoms with Crippen molar-refractivity contribution in [3.63, 3.8) is 0 Å². The Morgan fingerprint density at radius 2 is 1.95 bits per heavy atom. The molecule has 4 N–H and O–H groups in total. The van der Waals surface area contributed by atoms with Crippen molar-refractivity contribution in [3.8, 4) is 0 Å². The molecule has 1 fully saturated rings. The standard InChI is InChI=1S/C13H24N2O4/c14-10-13(4-2-1-3-5-13)8-11(16)15-6-7-19-9-12(17)18/h1-10,14H2,(H,15,16)(H,17,18). The van der Waals surface area contributed by atoms with Gasteiger partial charge in [0, 0.05) is 13.0 Å². The number of carbonyl (C=O) groups excluding carboxylic acids is 1. The molecule has 0 aromatic carbocycles. The molecule has 0 atom stereocenters. The van der Waals surface area contributed by atoms with Crippen LogP contribution in [0.15, 0.2) is 0 Å². The third-order valence-corrected chi connectivity index (χ3v) is 3.68. The van der Waals surface area contributed by atoms with E-state index in [1.165, 1.54) is 6.42 Å². The number of nitrogens with two attached hydrogens (primary N) is 1. The van der Waals surface area contributed by atoms with Gasteiger partial charge in [0.2, 0.25) is 5.91 Å². The van der Waals surface area contributed by atoms with Crippen molar-refractivity contribution in [2.75, 3.05) is 26.3 Å². The van der Waals surface area contributed by atoms with Crippen LogP contribution in [0.25, 0.3) is 0 Å². The van der Waals surface area contributed by atoms with Gasteiger partial charge in [0.15, 0.2) is 0 Å². The minimum atomic E-state index is -1.00. The Labute approximate surface area is 113 Å². The number of hydrogen-bond acceptors (Lipinski definition) is 4. The summed E-state index contributed by atoms with van der Waals surface area (Å²) in [4.78, 5) is 22.0. The largest absolute Gasteiger partial charge is 0.480 e. The van der Waals surface area contributed by atoms with E-state index in [1.807, 2.05) is 0 Å². The molecule has 0 radical (unpaired) electrons. The van der Waals surface area contributed by atoms with E-state index in [1.54, 1.807) is 0 Å². The molecule has 1 aliphatic rings. The molecule has 0 aromatic rings. The first-order valence-electron chi connectivity index (χ1n) is 6.84. The van der Waals surface area contributed by atoms with E-state index < -0.39 is 5.97 Å². The van der Waals surface area contributed by atoms with Crippen molar-refractivity contribution in [1.29, 1.82) is 0 Å². The predicted octanol–water partition coefficient (Wildman–Crippen LogP) is 0.503. The second-order valence-corrected chi connectivity index (χ2v) is 5.24. The number of nitrogens with one attached hydrogen (secondary N) is 1. The van der Waals surface area contributed by atoms with Gasteiger partial charge in [-0.1, -0.05) is 19.3 Å². The van der Waals surface area contributed by atoms with Gasteiger partial charge in [0.05, 0.1) is 6.61 Å². The highest BCUT2D eigenvalue weighted by Gasteiger charge is 2.32. The third-order valence-electron chi connectivity index (χ3n) is 3.68. The van der Waals surface area contributed by atoms with Crippen molar-refractivity contribution < 1.29 is 19.4 Å². The van der Waals surface area contributed by atoms with E-state index in [0.717, 1.165) is 25.7 Å². The maximum absolute atomic E-state index is 11.8. The molecule has 0 heterocycles. The van der Waals surface area contributed by atoms with Crippen LogP contribution >= 0.6 is 0 Å². The molecule has 0 aliphatic heterocycles. The molecule has 0 saturated heterocycles. The number of rotatable bonds is 8. The summed E-state index contributed by atoms with van der Waals surface area (Å²) < 4.78 is 4.85. The van der Waals surface area contributed by atoms with E-state index in [4.69, 9.17) is 15.6 Å². The fourth-order valence-corrected chi connectivity index (χ4v) is 2.58. The van der Waals surface area contributed by atoms with Gasteiger partial charge < -0.3 is 20.9 Å². The highest BCUT2D eigenvalue weighted by Crippen LogP contribution is 2.38. The molecule has 1 rings (SSSR count). The summed E-state index contributed by atoms with van der Waals surface area (Å²) >= 11 is 0. The van der Waals surface area contributed by atoms with Crippen LogP contribution in [0.2, 0.25) is 0 Å². The van der Waals surface area contributed by atoms with Crippen LogP contribution in [0.3, 0.4) is 0 Å². The Balaban J connectivity index is 2.20. The number of carboxylic acids is 1. The number of carboxylic acid groups (broad SMARTS) is 1.